The monoisotopic (exact) mass is 253 g/mol. The van der Waals surface area contributed by atoms with E-state index in [2.05, 4.69) is 44.9 Å². The third-order valence-electron chi connectivity index (χ3n) is 3.08. The molecule has 0 aliphatic carbocycles. The number of nitrogens with zero attached hydrogens (tertiary/aromatic N) is 4. The standard InChI is InChI=1S/C14H15N5/c1-2-12-10-15-5-4-14(12)13(3-1)11-16-6-8-19-9-7-17-18-19/h1-5,7,9-10,16H,6,8,11H2. The topological polar surface area (TPSA) is 55.6 Å². The Kier molecular flexibility index (Phi) is 3.47. The van der Waals surface area contributed by atoms with E-state index < -0.39 is 0 Å². The molecular formula is C14H15N5. The molecule has 0 amide bonds. The van der Waals surface area contributed by atoms with Gasteiger partial charge in [0.2, 0.25) is 0 Å². The molecule has 5 heteroatoms. The van der Waals surface area contributed by atoms with Gasteiger partial charge in [-0.25, -0.2) is 0 Å². The van der Waals surface area contributed by atoms with E-state index in [-0.39, 0.29) is 0 Å². The molecule has 0 saturated heterocycles. The summed E-state index contributed by atoms with van der Waals surface area (Å²) in [5.74, 6) is 0. The second-order valence-corrected chi connectivity index (χ2v) is 4.36. The molecule has 19 heavy (non-hydrogen) atoms. The Bertz CT molecular complexity index is 643. The number of rotatable bonds is 5. The van der Waals surface area contributed by atoms with Gasteiger partial charge >= 0.3 is 0 Å². The lowest BCUT2D eigenvalue weighted by Crippen LogP contribution is -2.20. The molecule has 0 spiro atoms. The molecule has 3 rings (SSSR count). The fourth-order valence-electron chi connectivity index (χ4n) is 2.11. The highest BCUT2D eigenvalue weighted by Gasteiger charge is 2.00. The zero-order chi connectivity index (χ0) is 12.9. The van der Waals surface area contributed by atoms with E-state index in [0.717, 1.165) is 19.6 Å². The van der Waals surface area contributed by atoms with Gasteiger partial charge in [-0.15, -0.1) is 5.10 Å². The van der Waals surface area contributed by atoms with Crippen molar-refractivity contribution in [2.75, 3.05) is 6.54 Å². The van der Waals surface area contributed by atoms with Crippen LogP contribution < -0.4 is 5.32 Å². The summed E-state index contributed by atoms with van der Waals surface area (Å²) >= 11 is 0. The highest BCUT2D eigenvalue weighted by molar-refractivity contribution is 5.84. The Hall–Kier alpha value is -2.27. The summed E-state index contributed by atoms with van der Waals surface area (Å²) in [5, 5.41) is 13.6. The Balaban J connectivity index is 1.62. The summed E-state index contributed by atoms with van der Waals surface area (Å²) in [6.45, 7) is 2.53. The van der Waals surface area contributed by atoms with Crippen LogP contribution >= 0.6 is 0 Å². The van der Waals surface area contributed by atoms with Gasteiger partial charge in [0.15, 0.2) is 0 Å². The van der Waals surface area contributed by atoms with Crippen LogP contribution in [-0.2, 0) is 13.1 Å². The number of fused-ring (bicyclic) bond motifs is 1. The van der Waals surface area contributed by atoms with Crippen LogP contribution in [0.5, 0.6) is 0 Å². The summed E-state index contributed by atoms with van der Waals surface area (Å²) in [5.41, 5.74) is 1.29. The van der Waals surface area contributed by atoms with Gasteiger partial charge in [-0.3, -0.25) is 9.67 Å². The van der Waals surface area contributed by atoms with Gasteiger partial charge in [0.1, 0.15) is 0 Å². The molecule has 2 heterocycles. The van der Waals surface area contributed by atoms with E-state index in [0.29, 0.717) is 0 Å². The quantitative estimate of drug-likeness (QED) is 0.702. The third kappa shape index (κ3) is 2.77. The summed E-state index contributed by atoms with van der Waals surface area (Å²) < 4.78 is 1.82. The van der Waals surface area contributed by atoms with Crippen LogP contribution in [-0.4, -0.2) is 26.5 Å². The van der Waals surface area contributed by atoms with Crippen LogP contribution in [0, 0.1) is 0 Å². The number of benzene rings is 1. The zero-order valence-corrected chi connectivity index (χ0v) is 10.5. The molecule has 96 valence electrons. The minimum Gasteiger partial charge on any atom is -0.311 e. The Morgan fingerprint density at radius 2 is 2.16 bits per heavy atom. The second-order valence-electron chi connectivity index (χ2n) is 4.36. The molecule has 2 aromatic heterocycles. The van der Waals surface area contributed by atoms with Crippen molar-refractivity contribution in [1.82, 2.24) is 25.3 Å². The summed E-state index contributed by atoms with van der Waals surface area (Å²) in [6.07, 6.45) is 7.29. The second kappa shape index (κ2) is 5.58. The first-order valence-corrected chi connectivity index (χ1v) is 6.30. The highest BCUT2D eigenvalue weighted by Crippen LogP contribution is 2.16. The van der Waals surface area contributed by atoms with E-state index in [4.69, 9.17) is 0 Å². The van der Waals surface area contributed by atoms with E-state index in [9.17, 15) is 0 Å². The maximum Gasteiger partial charge on any atom is 0.0692 e. The smallest absolute Gasteiger partial charge is 0.0692 e. The first-order chi connectivity index (χ1) is 9.43. The van der Waals surface area contributed by atoms with Crippen molar-refractivity contribution in [3.05, 3.63) is 54.6 Å². The lowest BCUT2D eigenvalue weighted by molar-refractivity contribution is 0.541. The summed E-state index contributed by atoms with van der Waals surface area (Å²) in [6, 6.07) is 8.36. The average Bonchev–Trinajstić information content (AvgIpc) is 2.97. The lowest BCUT2D eigenvalue weighted by atomic mass is 10.1. The maximum atomic E-state index is 4.15. The van der Waals surface area contributed by atoms with Gasteiger partial charge < -0.3 is 5.32 Å². The first kappa shape index (κ1) is 11.8. The maximum absolute atomic E-state index is 4.15. The third-order valence-corrected chi connectivity index (χ3v) is 3.08. The van der Waals surface area contributed by atoms with Crippen LogP contribution in [0.1, 0.15) is 5.56 Å². The van der Waals surface area contributed by atoms with Crippen LogP contribution in [0.3, 0.4) is 0 Å². The van der Waals surface area contributed by atoms with Gasteiger partial charge in [-0.05, 0) is 17.0 Å². The Morgan fingerprint density at radius 1 is 1.16 bits per heavy atom. The number of pyridine rings is 1. The SMILES string of the molecule is c1cc(CNCCn2ccnn2)c2ccncc2c1. The minimum atomic E-state index is 0.826. The predicted molar refractivity (Wildman–Crippen MR) is 73.5 cm³/mol. The molecule has 0 bridgehead atoms. The van der Waals surface area contributed by atoms with Crippen LogP contribution in [0.15, 0.2) is 49.1 Å². The number of hydrogen-bond donors (Lipinski definition) is 1. The van der Waals surface area contributed by atoms with E-state index in [1.165, 1.54) is 16.3 Å². The number of aromatic nitrogens is 4. The number of nitrogens with one attached hydrogen (secondary N) is 1. The summed E-state index contributed by atoms with van der Waals surface area (Å²) in [4.78, 5) is 4.15. The molecule has 0 radical (unpaired) electrons. The molecule has 0 aliphatic heterocycles. The molecule has 3 aromatic rings. The summed E-state index contributed by atoms with van der Waals surface area (Å²) in [7, 11) is 0. The van der Waals surface area contributed by atoms with Crippen molar-refractivity contribution in [2.24, 2.45) is 0 Å². The molecule has 0 aliphatic rings. The molecule has 0 fully saturated rings. The molecule has 1 aromatic carbocycles. The Morgan fingerprint density at radius 3 is 3.05 bits per heavy atom. The molecule has 1 N–H and O–H groups in total. The van der Waals surface area contributed by atoms with Gasteiger partial charge in [0, 0.05) is 37.1 Å². The minimum absolute atomic E-state index is 0.826. The fourth-order valence-corrected chi connectivity index (χ4v) is 2.11. The Labute approximate surface area is 111 Å². The van der Waals surface area contributed by atoms with E-state index >= 15 is 0 Å². The van der Waals surface area contributed by atoms with Crippen molar-refractivity contribution in [3.8, 4) is 0 Å². The van der Waals surface area contributed by atoms with Crippen molar-refractivity contribution < 1.29 is 0 Å². The van der Waals surface area contributed by atoms with Gasteiger partial charge in [-0.2, -0.15) is 0 Å². The van der Waals surface area contributed by atoms with Crippen molar-refractivity contribution in [1.29, 1.82) is 0 Å². The van der Waals surface area contributed by atoms with Crippen molar-refractivity contribution >= 4 is 10.8 Å². The predicted octanol–water partition coefficient (Wildman–Crippen LogP) is 1.62. The van der Waals surface area contributed by atoms with Crippen molar-refractivity contribution in [3.63, 3.8) is 0 Å². The molecular weight excluding hydrogens is 238 g/mol. The van der Waals surface area contributed by atoms with Gasteiger partial charge in [0.25, 0.3) is 0 Å². The first-order valence-electron chi connectivity index (χ1n) is 6.30. The average molecular weight is 253 g/mol. The van der Waals surface area contributed by atoms with Crippen LogP contribution in [0.25, 0.3) is 10.8 Å². The van der Waals surface area contributed by atoms with E-state index in [1.54, 1.807) is 6.20 Å². The van der Waals surface area contributed by atoms with Crippen LogP contribution in [0.2, 0.25) is 0 Å². The molecule has 0 unspecified atom stereocenters. The van der Waals surface area contributed by atoms with Gasteiger partial charge in [-0.1, -0.05) is 23.4 Å². The zero-order valence-electron chi connectivity index (χ0n) is 10.5. The number of hydrogen-bond acceptors (Lipinski definition) is 4. The molecule has 0 saturated carbocycles. The van der Waals surface area contributed by atoms with E-state index in [1.807, 2.05) is 23.3 Å². The normalized spacial score (nSPS) is 10.9. The lowest BCUT2D eigenvalue weighted by Gasteiger charge is -2.08. The molecule has 5 nitrogen and oxygen atoms in total. The highest BCUT2D eigenvalue weighted by atomic mass is 15.4. The fraction of sp³-hybridized carbons (Fsp3) is 0.214. The van der Waals surface area contributed by atoms with Crippen molar-refractivity contribution in [2.45, 2.75) is 13.1 Å². The van der Waals surface area contributed by atoms with Gasteiger partial charge in [0.05, 0.1) is 12.7 Å². The van der Waals surface area contributed by atoms with Crippen LogP contribution in [0.4, 0.5) is 0 Å². The molecule has 0 atom stereocenters. The largest absolute Gasteiger partial charge is 0.311 e.